The molecule has 0 aliphatic carbocycles. The second kappa shape index (κ2) is 5.89. The molecule has 0 fully saturated rings. The lowest BCUT2D eigenvalue weighted by Gasteiger charge is -2.11. The molecule has 0 N–H and O–H groups in total. The van der Waals surface area contributed by atoms with E-state index in [9.17, 15) is 0 Å². The van der Waals surface area contributed by atoms with Gasteiger partial charge in [-0.25, -0.2) is 0 Å². The molecule has 26 heavy (non-hydrogen) atoms. The third-order valence-electron chi connectivity index (χ3n) is 5.07. The van der Waals surface area contributed by atoms with Crippen molar-refractivity contribution >= 4 is 21.8 Å². The molecule has 4 aromatic carbocycles. The SMILES string of the molecule is Cc1ccc(-c2cccc3c4ccccc4n(-c4ccccc4)c23)cc1. The van der Waals surface area contributed by atoms with Crippen LogP contribution >= 0.6 is 0 Å². The maximum Gasteiger partial charge on any atom is 0.0619 e. The summed E-state index contributed by atoms with van der Waals surface area (Å²) in [5, 5.41) is 2.59. The van der Waals surface area contributed by atoms with Gasteiger partial charge >= 0.3 is 0 Å². The van der Waals surface area contributed by atoms with Crippen LogP contribution in [0.5, 0.6) is 0 Å². The number of benzene rings is 4. The Balaban J connectivity index is 1.96. The summed E-state index contributed by atoms with van der Waals surface area (Å²) in [6.45, 7) is 2.13. The Bertz CT molecular complexity index is 1210. The number of nitrogens with zero attached hydrogens (tertiary/aromatic N) is 1. The van der Waals surface area contributed by atoms with Gasteiger partial charge in [0.1, 0.15) is 0 Å². The highest BCUT2D eigenvalue weighted by molar-refractivity contribution is 6.13. The molecular weight excluding hydrogens is 314 g/mol. The van der Waals surface area contributed by atoms with Crippen LogP contribution in [0.3, 0.4) is 0 Å². The van der Waals surface area contributed by atoms with Crippen LogP contribution in [0.25, 0.3) is 38.6 Å². The van der Waals surface area contributed by atoms with Gasteiger partial charge in [-0.1, -0.05) is 84.4 Å². The molecule has 5 rings (SSSR count). The van der Waals surface area contributed by atoms with Gasteiger partial charge in [0.2, 0.25) is 0 Å². The summed E-state index contributed by atoms with van der Waals surface area (Å²) in [5.41, 5.74) is 7.50. The highest BCUT2D eigenvalue weighted by Gasteiger charge is 2.15. The van der Waals surface area contributed by atoms with Crippen molar-refractivity contribution in [2.24, 2.45) is 0 Å². The molecule has 1 heteroatoms. The fraction of sp³-hybridized carbons (Fsp3) is 0.0400. The normalized spacial score (nSPS) is 11.3. The summed E-state index contributed by atoms with van der Waals surface area (Å²) in [6.07, 6.45) is 0. The van der Waals surface area contributed by atoms with E-state index in [1.54, 1.807) is 0 Å². The minimum atomic E-state index is 1.19. The Labute approximate surface area is 153 Å². The molecule has 0 bridgehead atoms. The first-order chi connectivity index (χ1) is 12.8. The molecule has 1 aromatic heterocycles. The lowest BCUT2D eigenvalue weighted by molar-refractivity contribution is 1.18. The quantitative estimate of drug-likeness (QED) is 0.336. The maximum absolute atomic E-state index is 2.39. The van der Waals surface area contributed by atoms with Gasteiger partial charge in [0, 0.05) is 22.0 Å². The highest BCUT2D eigenvalue weighted by atomic mass is 15.0. The van der Waals surface area contributed by atoms with Crippen LogP contribution < -0.4 is 0 Å². The van der Waals surface area contributed by atoms with E-state index < -0.39 is 0 Å². The third-order valence-corrected chi connectivity index (χ3v) is 5.07. The zero-order chi connectivity index (χ0) is 17.5. The molecule has 0 atom stereocenters. The predicted molar refractivity (Wildman–Crippen MR) is 111 cm³/mol. The first-order valence-electron chi connectivity index (χ1n) is 8.97. The predicted octanol–water partition coefficient (Wildman–Crippen LogP) is 6.76. The average molecular weight is 333 g/mol. The second-order valence-electron chi connectivity index (χ2n) is 6.76. The number of rotatable bonds is 2. The Kier molecular flexibility index (Phi) is 3.39. The summed E-state index contributed by atoms with van der Waals surface area (Å²) in [7, 11) is 0. The van der Waals surface area contributed by atoms with Crippen molar-refractivity contribution in [3.05, 3.63) is 103 Å². The second-order valence-corrected chi connectivity index (χ2v) is 6.76. The Hall–Kier alpha value is -3.32. The van der Waals surface area contributed by atoms with E-state index in [1.165, 1.54) is 44.2 Å². The third kappa shape index (κ3) is 2.25. The molecule has 124 valence electrons. The number of fused-ring (bicyclic) bond motifs is 3. The van der Waals surface area contributed by atoms with Gasteiger partial charge < -0.3 is 4.57 Å². The Morgan fingerprint density at radius 1 is 0.577 bits per heavy atom. The molecule has 0 aliphatic heterocycles. The van der Waals surface area contributed by atoms with Crippen LogP contribution in [0.4, 0.5) is 0 Å². The van der Waals surface area contributed by atoms with E-state index in [1.807, 2.05) is 0 Å². The average Bonchev–Trinajstić information content (AvgIpc) is 3.04. The van der Waals surface area contributed by atoms with Gasteiger partial charge in [-0.15, -0.1) is 0 Å². The van der Waals surface area contributed by atoms with Crippen LogP contribution in [0.2, 0.25) is 0 Å². The number of aryl methyl sites for hydroxylation is 1. The van der Waals surface area contributed by atoms with E-state index >= 15 is 0 Å². The van der Waals surface area contributed by atoms with Gasteiger partial charge in [-0.3, -0.25) is 0 Å². The zero-order valence-corrected chi connectivity index (χ0v) is 14.7. The molecule has 1 nitrogen and oxygen atoms in total. The van der Waals surface area contributed by atoms with E-state index in [2.05, 4.69) is 109 Å². The first kappa shape index (κ1) is 15.0. The van der Waals surface area contributed by atoms with Crippen molar-refractivity contribution in [1.82, 2.24) is 4.57 Å². The molecule has 0 saturated carbocycles. The molecule has 0 aliphatic rings. The van der Waals surface area contributed by atoms with Gasteiger partial charge in [0.25, 0.3) is 0 Å². The van der Waals surface area contributed by atoms with E-state index in [0.717, 1.165) is 0 Å². The number of para-hydroxylation sites is 3. The number of hydrogen-bond acceptors (Lipinski definition) is 0. The van der Waals surface area contributed by atoms with Gasteiger partial charge in [0.05, 0.1) is 11.0 Å². The van der Waals surface area contributed by atoms with Crippen LogP contribution in [0.15, 0.2) is 97.1 Å². The van der Waals surface area contributed by atoms with Crippen LogP contribution in [-0.4, -0.2) is 4.57 Å². The summed E-state index contributed by atoms with van der Waals surface area (Å²) < 4.78 is 2.39. The number of aromatic nitrogens is 1. The summed E-state index contributed by atoms with van der Waals surface area (Å²) in [4.78, 5) is 0. The molecule has 5 aromatic rings. The molecule has 1 heterocycles. The van der Waals surface area contributed by atoms with E-state index in [-0.39, 0.29) is 0 Å². The van der Waals surface area contributed by atoms with Crippen LogP contribution in [0, 0.1) is 6.92 Å². The fourth-order valence-electron chi connectivity index (χ4n) is 3.83. The van der Waals surface area contributed by atoms with Gasteiger partial charge in [0.15, 0.2) is 0 Å². The molecule has 0 radical (unpaired) electrons. The van der Waals surface area contributed by atoms with E-state index in [0.29, 0.717) is 0 Å². The molecule has 0 amide bonds. The summed E-state index contributed by atoms with van der Waals surface area (Å²) >= 11 is 0. The fourth-order valence-corrected chi connectivity index (χ4v) is 3.83. The molecule has 0 spiro atoms. The minimum absolute atomic E-state index is 1.19. The number of hydrogen-bond donors (Lipinski definition) is 0. The largest absolute Gasteiger partial charge is 0.309 e. The topological polar surface area (TPSA) is 4.93 Å². The summed E-state index contributed by atoms with van der Waals surface area (Å²) in [6, 6.07) is 34.7. The van der Waals surface area contributed by atoms with Crippen molar-refractivity contribution in [2.75, 3.05) is 0 Å². The lowest BCUT2D eigenvalue weighted by Crippen LogP contribution is -1.95. The molecular formula is C25H19N. The standard InChI is InChI=1S/C25H19N/c1-18-14-16-19(17-15-18)21-11-7-12-23-22-10-5-6-13-24(22)26(25(21)23)20-8-3-2-4-9-20/h2-17H,1H3. The summed E-state index contributed by atoms with van der Waals surface area (Å²) in [5.74, 6) is 0. The molecule has 0 unspecified atom stereocenters. The van der Waals surface area contributed by atoms with Crippen LogP contribution in [-0.2, 0) is 0 Å². The minimum Gasteiger partial charge on any atom is -0.309 e. The van der Waals surface area contributed by atoms with Crippen molar-refractivity contribution in [1.29, 1.82) is 0 Å². The van der Waals surface area contributed by atoms with Gasteiger partial charge in [-0.05, 0) is 30.7 Å². The van der Waals surface area contributed by atoms with E-state index in [4.69, 9.17) is 0 Å². The van der Waals surface area contributed by atoms with Crippen molar-refractivity contribution in [2.45, 2.75) is 6.92 Å². The van der Waals surface area contributed by atoms with Crippen molar-refractivity contribution in [3.63, 3.8) is 0 Å². The Morgan fingerprint density at radius 2 is 1.27 bits per heavy atom. The first-order valence-corrected chi connectivity index (χ1v) is 8.97. The monoisotopic (exact) mass is 333 g/mol. The van der Waals surface area contributed by atoms with Crippen LogP contribution in [0.1, 0.15) is 5.56 Å². The highest BCUT2D eigenvalue weighted by Crippen LogP contribution is 2.37. The molecule has 0 saturated heterocycles. The van der Waals surface area contributed by atoms with Crippen molar-refractivity contribution < 1.29 is 0 Å². The lowest BCUT2D eigenvalue weighted by atomic mass is 10.0. The Morgan fingerprint density at radius 3 is 2.08 bits per heavy atom. The zero-order valence-electron chi connectivity index (χ0n) is 14.7. The van der Waals surface area contributed by atoms with Gasteiger partial charge in [-0.2, -0.15) is 0 Å². The smallest absolute Gasteiger partial charge is 0.0619 e. The van der Waals surface area contributed by atoms with Crippen molar-refractivity contribution in [3.8, 4) is 16.8 Å². The maximum atomic E-state index is 2.39.